The van der Waals surface area contributed by atoms with Crippen LogP contribution in [0.3, 0.4) is 0 Å². The first-order valence-corrected chi connectivity index (χ1v) is 7.92. The first-order valence-electron chi connectivity index (χ1n) is 7.92. The number of halogens is 2. The van der Waals surface area contributed by atoms with Gasteiger partial charge in [0.1, 0.15) is 0 Å². The molecule has 0 N–H and O–H groups in total. The van der Waals surface area contributed by atoms with Crippen LogP contribution in [0.1, 0.15) is 22.7 Å². The van der Waals surface area contributed by atoms with Crippen molar-refractivity contribution < 1.29 is 18.3 Å². The van der Waals surface area contributed by atoms with E-state index in [1.807, 2.05) is 25.2 Å². The van der Waals surface area contributed by atoms with Crippen LogP contribution in [0.15, 0.2) is 30.3 Å². The zero-order valence-corrected chi connectivity index (χ0v) is 14.1. The van der Waals surface area contributed by atoms with E-state index in [4.69, 9.17) is 9.47 Å². The molecule has 128 valence electrons. The van der Waals surface area contributed by atoms with Crippen LogP contribution < -0.4 is 9.47 Å². The SMILES string of the molecule is COc1ccc(C[C@H]2c3cc(F)c(F)cc3CCN2C)cc1OC. The van der Waals surface area contributed by atoms with E-state index in [0.29, 0.717) is 17.9 Å². The molecule has 0 radical (unpaired) electrons. The lowest BCUT2D eigenvalue weighted by atomic mass is 9.89. The maximum Gasteiger partial charge on any atom is 0.160 e. The molecule has 0 aromatic heterocycles. The molecule has 0 saturated carbocycles. The Hall–Kier alpha value is -2.14. The molecule has 0 aliphatic carbocycles. The number of fused-ring (bicyclic) bond motifs is 1. The number of likely N-dealkylation sites (N-methyl/N-ethyl adjacent to an activating group) is 1. The van der Waals surface area contributed by atoms with Gasteiger partial charge in [-0.1, -0.05) is 6.07 Å². The van der Waals surface area contributed by atoms with Gasteiger partial charge in [-0.25, -0.2) is 8.78 Å². The van der Waals surface area contributed by atoms with Gasteiger partial charge in [0.15, 0.2) is 23.1 Å². The average Bonchev–Trinajstić information content (AvgIpc) is 2.59. The van der Waals surface area contributed by atoms with E-state index in [2.05, 4.69) is 4.90 Å². The van der Waals surface area contributed by atoms with E-state index >= 15 is 0 Å². The fourth-order valence-electron chi connectivity index (χ4n) is 3.32. The highest BCUT2D eigenvalue weighted by atomic mass is 19.2. The lowest BCUT2D eigenvalue weighted by molar-refractivity contribution is 0.228. The molecule has 1 aliphatic rings. The fourth-order valence-corrected chi connectivity index (χ4v) is 3.32. The van der Waals surface area contributed by atoms with Gasteiger partial charge in [-0.3, -0.25) is 4.90 Å². The van der Waals surface area contributed by atoms with Gasteiger partial charge in [0.25, 0.3) is 0 Å². The third-order valence-corrected chi connectivity index (χ3v) is 4.68. The van der Waals surface area contributed by atoms with Gasteiger partial charge in [-0.2, -0.15) is 0 Å². The van der Waals surface area contributed by atoms with Gasteiger partial charge in [-0.05, 0) is 60.8 Å². The summed E-state index contributed by atoms with van der Waals surface area (Å²) in [5.74, 6) is -0.227. The van der Waals surface area contributed by atoms with Gasteiger partial charge in [-0.15, -0.1) is 0 Å². The zero-order valence-electron chi connectivity index (χ0n) is 14.1. The van der Waals surface area contributed by atoms with Crippen molar-refractivity contribution in [2.45, 2.75) is 18.9 Å². The number of ether oxygens (including phenoxy) is 2. The van der Waals surface area contributed by atoms with Crippen LogP contribution in [0.5, 0.6) is 11.5 Å². The second-order valence-electron chi connectivity index (χ2n) is 6.10. The highest BCUT2D eigenvalue weighted by Crippen LogP contribution is 2.35. The molecule has 2 aromatic carbocycles. The average molecular weight is 333 g/mol. The number of methoxy groups -OCH3 is 2. The molecular formula is C19H21F2NO2. The van der Waals surface area contributed by atoms with E-state index in [1.165, 1.54) is 12.1 Å². The van der Waals surface area contributed by atoms with Crippen LogP contribution >= 0.6 is 0 Å². The van der Waals surface area contributed by atoms with Crippen molar-refractivity contribution in [3.63, 3.8) is 0 Å². The minimum atomic E-state index is -0.790. The van der Waals surface area contributed by atoms with Crippen molar-refractivity contribution in [3.05, 3.63) is 58.7 Å². The Morgan fingerprint density at radius 2 is 1.75 bits per heavy atom. The zero-order chi connectivity index (χ0) is 17.3. The van der Waals surface area contributed by atoms with Crippen LogP contribution in [0, 0.1) is 11.6 Å². The number of nitrogens with zero attached hydrogens (tertiary/aromatic N) is 1. The van der Waals surface area contributed by atoms with Crippen LogP contribution in [-0.2, 0) is 12.8 Å². The highest BCUT2D eigenvalue weighted by molar-refractivity contribution is 5.44. The third kappa shape index (κ3) is 3.08. The van der Waals surface area contributed by atoms with E-state index in [-0.39, 0.29) is 6.04 Å². The number of hydrogen-bond acceptors (Lipinski definition) is 3. The standard InChI is InChI=1S/C19H21F2NO2/c1-22-7-6-13-10-15(20)16(21)11-14(13)17(22)8-12-4-5-18(23-2)19(9-12)24-3/h4-5,9-11,17H,6-8H2,1-3H3/t17-/m0/s1. The summed E-state index contributed by atoms with van der Waals surface area (Å²) >= 11 is 0. The van der Waals surface area contributed by atoms with Gasteiger partial charge >= 0.3 is 0 Å². The monoisotopic (exact) mass is 333 g/mol. The second-order valence-corrected chi connectivity index (χ2v) is 6.10. The van der Waals surface area contributed by atoms with Gasteiger partial charge in [0, 0.05) is 12.6 Å². The number of hydrogen-bond donors (Lipinski definition) is 0. The molecule has 0 saturated heterocycles. The summed E-state index contributed by atoms with van der Waals surface area (Å²) in [5, 5.41) is 0. The van der Waals surface area contributed by atoms with Crippen LogP contribution in [-0.4, -0.2) is 32.7 Å². The summed E-state index contributed by atoms with van der Waals surface area (Å²) in [7, 11) is 5.21. The lowest BCUT2D eigenvalue weighted by Gasteiger charge is -2.35. The van der Waals surface area contributed by atoms with Crippen molar-refractivity contribution in [2.24, 2.45) is 0 Å². The van der Waals surface area contributed by atoms with E-state index in [9.17, 15) is 8.78 Å². The maximum absolute atomic E-state index is 13.7. The van der Waals surface area contributed by atoms with E-state index in [0.717, 1.165) is 29.7 Å². The molecule has 1 heterocycles. The van der Waals surface area contributed by atoms with Crippen molar-refractivity contribution in [1.82, 2.24) is 4.90 Å². The van der Waals surface area contributed by atoms with Gasteiger partial charge < -0.3 is 9.47 Å². The molecule has 0 fully saturated rings. The summed E-state index contributed by atoms with van der Waals surface area (Å²) in [6, 6.07) is 8.44. The Labute approximate surface area is 140 Å². The summed E-state index contributed by atoms with van der Waals surface area (Å²) in [6.07, 6.45) is 1.42. The molecule has 1 aliphatic heterocycles. The van der Waals surface area contributed by atoms with Gasteiger partial charge in [0.05, 0.1) is 14.2 Å². The molecule has 24 heavy (non-hydrogen) atoms. The summed E-state index contributed by atoms with van der Waals surface area (Å²) < 4.78 is 37.9. The number of benzene rings is 2. The number of rotatable bonds is 4. The van der Waals surface area contributed by atoms with Crippen LogP contribution in [0.4, 0.5) is 8.78 Å². The van der Waals surface area contributed by atoms with Crippen LogP contribution in [0.2, 0.25) is 0 Å². The summed E-state index contributed by atoms with van der Waals surface area (Å²) in [6.45, 7) is 0.816. The molecule has 0 amide bonds. The smallest absolute Gasteiger partial charge is 0.160 e. The van der Waals surface area contributed by atoms with Crippen LogP contribution in [0.25, 0.3) is 0 Å². The molecule has 0 unspecified atom stereocenters. The summed E-state index contributed by atoms with van der Waals surface area (Å²) in [5.41, 5.74) is 2.80. The van der Waals surface area contributed by atoms with Crippen molar-refractivity contribution in [2.75, 3.05) is 27.8 Å². The minimum Gasteiger partial charge on any atom is -0.493 e. The molecule has 0 bridgehead atoms. The predicted octanol–water partition coefficient (Wildman–Crippen LogP) is 3.75. The topological polar surface area (TPSA) is 21.7 Å². The Bertz CT molecular complexity index is 748. The maximum atomic E-state index is 13.7. The molecule has 5 heteroatoms. The quantitative estimate of drug-likeness (QED) is 0.850. The van der Waals surface area contributed by atoms with E-state index in [1.54, 1.807) is 14.2 Å². The minimum absolute atomic E-state index is 0.00181. The molecule has 3 nitrogen and oxygen atoms in total. The molecular weight excluding hydrogens is 312 g/mol. The van der Waals surface area contributed by atoms with E-state index < -0.39 is 11.6 Å². The Morgan fingerprint density at radius 3 is 2.46 bits per heavy atom. The Kier molecular flexibility index (Phi) is 4.71. The molecule has 1 atom stereocenters. The fraction of sp³-hybridized carbons (Fsp3) is 0.368. The normalized spacial score (nSPS) is 17.5. The summed E-state index contributed by atoms with van der Waals surface area (Å²) in [4.78, 5) is 2.18. The predicted molar refractivity (Wildman–Crippen MR) is 88.7 cm³/mol. The third-order valence-electron chi connectivity index (χ3n) is 4.68. The molecule has 3 rings (SSSR count). The largest absolute Gasteiger partial charge is 0.493 e. The molecule has 2 aromatic rings. The molecule has 0 spiro atoms. The van der Waals surface area contributed by atoms with Gasteiger partial charge in [0.2, 0.25) is 0 Å². The lowest BCUT2D eigenvalue weighted by Crippen LogP contribution is -2.33. The first kappa shape index (κ1) is 16.7. The van der Waals surface area contributed by atoms with Crippen molar-refractivity contribution >= 4 is 0 Å². The Morgan fingerprint density at radius 1 is 1.04 bits per heavy atom. The van der Waals surface area contributed by atoms with Crippen molar-refractivity contribution in [3.8, 4) is 11.5 Å². The first-order chi connectivity index (χ1) is 11.5. The second kappa shape index (κ2) is 6.77. The van der Waals surface area contributed by atoms with Crippen molar-refractivity contribution in [1.29, 1.82) is 0 Å². The highest BCUT2D eigenvalue weighted by Gasteiger charge is 2.27. The Balaban J connectivity index is 1.94.